The van der Waals surface area contributed by atoms with Gasteiger partial charge >= 0.3 is 0 Å². The molecule has 6 nitrogen and oxygen atoms in total. The average molecular weight is 486 g/mol. The molecule has 0 spiro atoms. The number of fused-ring (bicyclic) bond motifs is 2. The fraction of sp³-hybridized carbons (Fsp3) is 0.375. The highest BCUT2D eigenvalue weighted by atomic mass is 79.9. The lowest BCUT2D eigenvalue weighted by molar-refractivity contribution is 0.0953. The Bertz CT molecular complexity index is 1030. The van der Waals surface area contributed by atoms with Gasteiger partial charge in [-0.15, -0.1) is 17.0 Å². The van der Waals surface area contributed by atoms with Crippen molar-refractivity contribution in [3.8, 4) is 5.75 Å². The minimum absolute atomic E-state index is 0. The molecule has 0 saturated heterocycles. The summed E-state index contributed by atoms with van der Waals surface area (Å²) in [5.74, 6) is 0.533. The van der Waals surface area contributed by atoms with Gasteiger partial charge in [0.05, 0.1) is 18.7 Å². The highest BCUT2D eigenvalue weighted by Crippen LogP contribution is 2.31. The summed E-state index contributed by atoms with van der Waals surface area (Å²) in [6, 6.07) is 9.54. The first kappa shape index (κ1) is 23.0. The van der Waals surface area contributed by atoms with Crippen LogP contribution in [-0.2, 0) is 19.4 Å². The number of aryl methyl sites for hydroxylation is 2. The first-order valence-electron chi connectivity index (χ1n) is 10.5. The van der Waals surface area contributed by atoms with Crippen LogP contribution in [0.25, 0.3) is 0 Å². The summed E-state index contributed by atoms with van der Waals surface area (Å²) >= 11 is 0. The van der Waals surface area contributed by atoms with Crippen LogP contribution in [0, 0.1) is 5.41 Å². The minimum Gasteiger partial charge on any atom is -0.493 e. The van der Waals surface area contributed by atoms with Crippen LogP contribution in [-0.4, -0.2) is 42.6 Å². The molecule has 0 unspecified atom stereocenters. The van der Waals surface area contributed by atoms with E-state index in [4.69, 9.17) is 10.1 Å². The molecule has 31 heavy (non-hydrogen) atoms. The van der Waals surface area contributed by atoms with Crippen molar-refractivity contribution < 1.29 is 14.3 Å². The van der Waals surface area contributed by atoms with Crippen LogP contribution in [0.15, 0.2) is 30.3 Å². The molecule has 1 amide bonds. The predicted molar refractivity (Wildman–Crippen MR) is 126 cm³/mol. The largest absolute Gasteiger partial charge is 0.493 e. The first-order chi connectivity index (χ1) is 14.5. The second-order valence-corrected chi connectivity index (χ2v) is 7.84. The van der Waals surface area contributed by atoms with Crippen LogP contribution in [0.1, 0.15) is 62.7 Å². The number of amidine groups is 1. The van der Waals surface area contributed by atoms with Crippen molar-refractivity contribution in [3.63, 3.8) is 0 Å². The van der Waals surface area contributed by atoms with Gasteiger partial charge in [0.2, 0.25) is 0 Å². The smallest absolute Gasteiger partial charge is 0.254 e. The number of nitrogens with one attached hydrogen (secondary N) is 2. The Morgan fingerprint density at radius 1 is 1.10 bits per heavy atom. The monoisotopic (exact) mass is 485 g/mol. The molecule has 1 heterocycles. The van der Waals surface area contributed by atoms with Crippen molar-refractivity contribution in [2.45, 2.75) is 39.2 Å². The minimum atomic E-state index is -0.252. The lowest BCUT2D eigenvalue weighted by atomic mass is 9.90. The number of nitrogens with zero attached hydrogens (tertiary/aromatic N) is 1. The Kier molecular flexibility index (Phi) is 7.15. The summed E-state index contributed by atoms with van der Waals surface area (Å²) in [4.78, 5) is 27.0. The lowest BCUT2D eigenvalue weighted by Crippen LogP contribution is -2.30. The third-order valence-corrected chi connectivity index (χ3v) is 5.91. The molecule has 4 rings (SSSR count). The highest BCUT2D eigenvalue weighted by molar-refractivity contribution is 8.93. The van der Waals surface area contributed by atoms with E-state index < -0.39 is 0 Å². The van der Waals surface area contributed by atoms with E-state index in [1.165, 1.54) is 24.0 Å². The first-order valence-corrected chi connectivity index (χ1v) is 10.5. The number of hydrogen-bond acceptors (Lipinski definition) is 4. The fourth-order valence-corrected chi connectivity index (χ4v) is 4.32. The quantitative estimate of drug-likeness (QED) is 0.607. The van der Waals surface area contributed by atoms with Gasteiger partial charge in [0, 0.05) is 24.7 Å². The van der Waals surface area contributed by atoms with Crippen LogP contribution in [0.5, 0.6) is 5.75 Å². The van der Waals surface area contributed by atoms with E-state index in [1.807, 2.05) is 25.1 Å². The molecule has 1 aliphatic carbocycles. The standard InChI is InChI=1S/C24H27N3O3.BrH/c1-3-30-22-11-18-13-27(23(25)19(18)12-20(22)24(29)26-2)14-21(28)17-9-8-15-6-4-5-7-16(15)10-17;/h8-12,25H,3-7,13-14H2,1-2H3,(H,26,29);1H. The highest BCUT2D eigenvalue weighted by Gasteiger charge is 2.29. The molecule has 2 N–H and O–H groups in total. The zero-order valence-corrected chi connectivity index (χ0v) is 19.6. The Morgan fingerprint density at radius 3 is 2.55 bits per heavy atom. The third kappa shape index (κ3) is 4.51. The number of halogens is 1. The van der Waals surface area contributed by atoms with Crippen molar-refractivity contribution in [2.24, 2.45) is 0 Å². The second kappa shape index (κ2) is 9.64. The van der Waals surface area contributed by atoms with E-state index in [0.717, 1.165) is 18.4 Å². The van der Waals surface area contributed by atoms with Gasteiger partial charge in [-0.2, -0.15) is 0 Å². The number of amides is 1. The maximum absolute atomic E-state index is 12.9. The summed E-state index contributed by atoms with van der Waals surface area (Å²) in [6.07, 6.45) is 4.51. The molecule has 164 valence electrons. The number of benzene rings is 2. The van der Waals surface area contributed by atoms with Gasteiger partial charge in [-0.1, -0.05) is 12.1 Å². The maximum atomic E-state index is 12.9. The van der Waals surface area contributed by atoms with Crippen LogP contribution in [0.2, 0.25) is 0 Å². The van der Waals surface area contributed by atoms with Gasteiger partial charge in [0.15, 0.2) is 5.78 Å². The molecule has 0 fully saturated rings. The summed E-state index contributed by atoms with van der Waals surface area (Å²) in [5.41, 5.74) is 5.32. The van der Waals surface area contributed by atoms with Gasteiger partial charge in [-0.05, 0) is 67.5 Å². The lowest BCUT2D eigenvalue weighted by Gasteiger charge is -2.19. The van der Waals surface area contributed by atoms with E-state index in [2.05, 4.69) is 11.4 Å². The molecular weight excluding hydrogens is 458 g/mol. The van der Waals surface area contributed by atoms with Gasteiger partial charge in [-0.25, -0.2) is 0 Å². The molecular formula is C24H28BrN3O3. The van der Waals surface area contributed by atoms with E-state index in [0.29, 0.717) is 35.6 Å². The van der Waals surface area contributed by atoms with Gasteiger partial charge in [-0.3, -0.25) is 15.0 Å². The van der Waals surface area contributed by atoms with Crippen molar-refractivity contribution in [1.82, 2.24) is 10.2 Å². The molecule has 2 aliphatic rings. The second-order valence-electron chi connectivity index (χ2n) is 7.84. The number of ketones is 1. The molecule has 0 saturated carbocycles. The average Bonchev–Trinajstić information content (AvgIpc) is 3.06. The topological polar surface area (TPSA) is 82.5 Å². The number of hydrogen-bond donors (Lipinski definition) is 2. The third-order valence-electron chi connectivity index (χ3n) is 5.91. The molecule has 1 aliphatic heterocycles. The molecule has 0 radical (unpaired) electrons. The van der Waals surface area contributed by atoms with Crippen molar-refractivity contribution in [1.29, 1.82) is 5.41 Å². The van der Waals surface area contributed by atoms with Gasteiger partial charge < -0.3 is 15.0 Å². The molecule has 0 aromatic heterocycles. The summed E-state index contributed by atoms with van der Waals surface area (Å²) in [5, 5.41) is 11.2. The number of carbonyl (C=O) groups excluding carboxylic acids is 2. The molecule has 7 heteroatoms. The van der Waals surface area contributed by atoms with Crippen molar-refractivity contribution in [3.05, 3.63) is 63.7 Å². The molecule has 2 aromatic rings. The SMILES string of the molecule is Br.CCOc1cc2c(cc1C(=O)NC)C(=N)N(CC(=O)c1ccc3c(c1)CCCC3)C2. The molecule has 0 atom stereocenters. The van der Waals surface area contributed by atoms with Gasteiger partial charge in [0.25, 0.3) is 5.91 Å². The zero-order valence-electron chi connectivity index (χ0n) is 17.9. The number of ether oxygens (including phenoxy) is 1. The van der Waals surface area contributed by atoms with Crippen LogP contribution >= 0.6 is 17.0 Å². The van der Waals surface area contributed by atoms with E-state index in [-0.39, 0.29) is 41.1 Å². The Labute approximate surface area is 193 Å². The normalized spacial score (nSPS) is 14.4. The van der Waals surface area contributed by atoms with Crippen LogP contribution < -0.4 is 10.1 Å². The predicted octanol–water partition coefficient (Wildman–Crippen LogP) is 3.93. The van der Waals surface area contributed by atoms with Crippen molar-refractivity contribution in [2.75, 3.05) is 20.2 Å². The van der Waals surface area contributed by atoms with Crippen molar-refractivity contribution >= 4 is 34.5 Å². The van der Waals surface area contributed by atoms with E-state index in [1.54, 1.807) is 18.0 Å². The maximum Gasteiger partial charge on any atom is 0.254 e. The fourth-order valence-electron chi connectivity index (χ4n) is 4.32. The number of Topliss-reactive ketones (excluding diaryl/α,β-unsaturated/α-hetero) is 1. The van der Waals surface area contributed by atoms with E-state index in [9.17, 15) is 9.59 Å². The summed E-state index contributed by atoms with van der Waals surface area (Å²) < 4.78 is 5.64. The Morgan fingerprint density at radius 2 is 1.84 bits per heavy atom. The number of rotatable bonds is 6. The Balaban J connectivity index is 0.00000272. The summed E-state index contributed by atoms with van der Waals surface area (Å²) in [6.45, 7) is 2.91. The van der Waals surface area contributed by atoms with E-state index >= 15 is 0 Å². The number of carbonyl (C=O) groups is 2. The van der Waals surface area contributed by atoms with Crippen LogP contribution in [0.4, 0.5) is 0 Å². The Hall–Kier alpha value is -2.67. The van der Waals surface area contributed by atoms with Gasteiger partial charge in [0.1, 0.15) is 11.6 Å². The molecule has 2 aromatic carbocycles. The zero-order chi connectivity index (χ0) is 21.3. The summed E-state index contributed by atoms with van der Waals surface area (Å²) in [7, 11) is 1.57. The van der Waals surface area contributed by atoms with Crippen LogP contribution in [0.3, 0.4) is 0 Å². The molecule has 0 bridgehead atoms.